The summed E-state index contributed by atoms with van der Waals surface area (Å²) >= 11 is 0. The van der Waals surface area contributed by atoms with Gasteiger partial charge in [-0.05, 0) is 37.3 Å². The number of benzene rings is 2. The zero-order valence-electron chi connectivity index (χ0n) is 17.1. The Morgan fingerprint density at radius 3 is 2.77 bits per heavy atom. The molecule has 0 aromatic heterocycles. The van der Waals surface area contributed by atoms with E-state index in [1.54, 1.807) is 6.07 Å². The van der Waals surface area contributed by atoms with Crippen molar-refractivity contribution in [2.24, 2.45) is 4.99 Å². The Kier molecular flexibility index (Phi) is 8.17. The van der Waals surface area contributed by atoms with Gasteiger partial charge in [0.1, 0.15) is 11.6 Å². The lowest BCUT2D eigenvalue weighted by molar-refractivity contribution is 0.0394. The van der Waals surface area contributed by atoms with Gasteiger partial charge in [0.25, 0.3) is 5.91 Å². The number of amides is 1. The highest BCUT2D eigenvalue weighted by atomic mass is 19.1. The van der Waals surface area contributed by atoms with Crippen molar-refractivity contribution in [1.29, 1.82) is 0 Å². The minimum Gasteiger partial charge on any atom is -0.492 e. The van der Waals surface area contributed by atoms with Crippen molar-refractivity contribution in [3.8, 4) is 5.75 Å². The van der Waals surface area contributed by atoms with E-state index in [0.717, 1.165) is 19.6 Å². The Balaban J connectivity index is 1.73. The normalized spacial score (nSPS) is 14.9. The van der Waals surface area contributed by atoms with Gasteiger partial charge in [-0.3, -0.25) is 20.0 Å². The van der Waals surface area contributed by atoms with Gasteiger partial charge in [-0.25, -0.2) is 4.39 Å². The number of aliphatic imine (C=N–C) groups is 1. The van der Waals surface area contributed by atoms with E-state index in [9.17, 15) is 9.18 Å². The number of rotatable bonds is 7. The number of nitrogens with one attached hydrogen (secondary N) is 2. The number of halogens is 1. The summed E-state index contributed by atoms with van der Waals surface area (Å²) in [6.45, 7) is 6.81. The van der Waals surface area contributed by atoms with Gasteiger partial charge in [-0.2, -0.15) is 0 Å². The molecular weight excluding hydrogens is 387 g/mol. The average Bonchev–Trinajstić information content (AvgIpc) is 2.76. The van der Waals surface area contributed by atoms with Crippen molar-refractivity contribution in [2.45, 2.75) is 6.92 Å². The monoisotopic (exact) mass is 414 g/mol. The fourth-order valence-electron chi connectivity index (χ4n) is 3.03. The Morgan fingerprint density at radius 1 is 1.20 bits per heavy atom. The van der Waals surface area contributed by atoms with Crippen LogP contribution in [0.4, 0.5) is 10.1 Å². The van der Waals surface area contributed by atoms with Crippen LogP contribution in [0.2, 0.25) is 0 Å². The van der Waals surface area contributed by atoms with E-state index in [1.807, 2.05) is 31.2 Å². The zero-order valence-corrected chi connectivity index (χ0v) is 17.1. The van der Waals surface area contributed by atoms with Gasteiger partial charge >= 0.3 is 0 Å². The molecule has 0 bridgehead atoms. The smallest absolute Gasteiger partial charge is 0.258 e. The van der Waals surface area contributed by atoms with Crippen LogP contribution in [0.25, 0.3) is 0 Å². The molecule has 7 nitrogen and oxygen atoms in total. The molecule has 1 heterocycles. The van der Waals surface area contributed by atoms with Crippen molar-refractivity contribution in [1.82, 2.24) is 10.2 Å². The highest BCUT2D eigenvalue weighted by Gasteiger charge is 2.13. The molecule has 0 unspecified atom stereocenters. The number of nitrogens with zero attached hydrogens (tertiary/aromatic N) is 2. The number of carbonyl (C=O) groups is 1. The number of guanidine groups is 1. The molecule has 1 fully saturated rings. The maximum Gasteiger partial charge on any atom is 0.258 e. The zero-order chi connectivity index (χ0) is 21.2. The molecule has 1 saturated heterocycles. The summed E-state index contributed by atoms with van der Waals surface area (Å²) in [6, 6.07) is 13.0. The highest BCUT2D eigenvalue weighted by molar-refractivity contribution is 6.10. The van der Waals surface area contributed by atoms with Crippen LogP contribution in [0.5, 0.6) is 5.75 Å². The van der Waals surface area contributed by atoms with Crippen molar-refractivity contribution in [2.75, 3.05) is 51.3 Å². The van der Waals surface area contributed by atoms with Gasteiger partial charge in [-0.15, -0.1) is 0 Å². The van der Waals surface area contributed by atoms with Gasteiger partial charge in [-0.1, -0.05) is 18.2 Å². The van der Waals surface area contributed by atoms with E-state index in [2.05, 4.69) is 20.5 Å². The van der Waals surface area contributed by atoms with Crippen molar-refractivity contribution in [3.05, 3.63) is 59.9 Å². The van der Waals surface area contributed by atoms with Crippen LogP contribution >= 0.6 is 0 Å². The number of carbonyl (C=O) groups excluding carboxylic acids is 1. The molecule has 160 valence electrons. The number of anilines is 1. The third kappa shape index (κ3) is 6.53. The second-order valence-corrected chi connectivity index (χ2v) is 6.70. The van der Waals surface area contributed by atoms with Gasteiger partial charge < -0.3 is 14.8 Å². The number of hydrogen-bond acceptors (Lipinski definition) is 5. The molecule has 0 aliphatic carbocycles. The number of ether oxygens (including phenoxy) is 2. The van der Waals surface area contributed by atoms with Gasteiger partial charge in [0.15, 0.2) is 0 Å². The third-order valence-electron chi connectivity index (χ3n) is 4.55. The third-order valence-corrected chi connectivity index (χ3v) is 4.55. The minimum absolute atomic E-state index is 0.218. The molecule has 3 rings (SSSR count). The van der Waals surface area contributed by atoms with Crippen molar-refractivity contribution < 1.29 is 18.7 Å². The Hall–Kier alpha value is -2.97. The quantitative estimate of drug-likeness (QED) is 0.538. The first-order valence-electron chi connectivity index (χ1n) is 10.1. The van der Waals surface area contributed by atoms with Gasteiger partial charge in [0.05, 0.1) is 32.1 Å². The van der Waals surface area contributed by atoms with Crippen LogP contribution in [-0.2, 0) is 4.74 Å². The lowest BCUT2D eigenvalue weighted by Crippen LogP contribution is -2.39. The van der Waals surface area contributed by atoms with E-state index in [1.165, 1.54) is 18.2 Å². The topological polar surface area (TPSA) is 75.2 Å². The second kappa shape index (κ2) is 11.3. The summed E-state index contributed by atoms with van der Waals surface area (Å²) in [5.41, 5.74) is 0.903. The van der Waals surface area contributed by atoms with Crippen LogP contribution in [0, 0.1) is 5.82 Å². The lowest BCUT2D eigenvalue weighted by atomic mass is 10.2. The van der Waals surface area contributed by atoms with Gasteiger partial charge in [0.2, 0.25) is 5.96 Å². The average molecular weight is 414 g/mol. The molecule has 30 heavy (non-hydrogen) atoms. The fraction of sp³-hybridized carbons (Fsp3) is 0.364. The van der Waals surface area contributed by atoms with E-state index >= 15 is 0 Å². The molecule has 2 N–H and O–H groups in total. The van der Waals surface area contributed by atoms with Crippen LogP contribution < -0.4 is 15.4 Å². The maximum atomic E-state index is 13.5. The molecular formula is C22H27FN4O3. The molecule has 2 aromatic carbocycles. The molecule has 0 saturated carbocycles. The first-order valence-corrected chi connectivity index (χ1v) is 10.1. The standard InChI is InChI=1S/C22H27FN4O3/c1-2-30-20-9-4-3-8-19(20)25-22(24-10-11-27-12-14-29-15-13-27)26-21(28)17-6-5-7-18(23)16-17/h3-9,16H,2,10-15H2,1H3,(H2,24,25,26,28). The Bertz CT molecular complexity index is 869. The largest absolute Gasteiger partial charge is 0.492 e. The molecule has 1 amide bonds. The van der Waals surface area contributed by atoms with Crippen LogP contribution in [0.3, 0.4) is 0 Å². The maximum absolute atomic E-state index is 13.5. The lowest BCUT2D eigenvalue weighted by Gasteiger charge is -2.25. The summed E-state index contributed by atoms with van der Waals surface area (Å²) in [5, 5.41) is 5.89. The molecule has 0 radical (unpaired) electrons. The van der Waals surface area contributed by atoms with Crippen molar-refractivity contribution in [3.63, 3.8) is 0 Å². The molecule has 1 aliphatic rings. The van der Waals surface area contributed by atoms with Crippen LogP contribution in [0.15, 0.2) is 53.5 Å². The number of morpholine rings is 1. The first kappa shape index (κ1) is 21.7. The molecule has 0 atom stereocenters. The SMILES string of the molecule is CCOc1ccccc1NC(=NCCN1CCOCC1)NC(=O)c1cccc(F)c1. The van der Waals surface area contributed by atoms with E-state index in [0.29, 0.717) is 37.8 Å². The Morgan fingerprint density at radius 2 is 2.00 bits per heavy atom. The Labute approximate surface area is 175 Å². The van der Waals surface area contributed by atoms with E-state index in [4.69, 9.17) is 9.47 Å². The second-order valence-electron chi connectivity index (χ2n) is 6.70. The van der Waals surface area contributed by atoms with E-state index < -0.39 is 11.7 Å². The summed E-state index contributed by atoms with van der Waals surface area (Å²) in [4.78, 5) is 19.4. The fourth-order valence-corrected chi connectivity index (χ4v) is 3.03. The number of para-hydroxylation sites is 2. The molecule has 1 aliphatic heterocycles. The van der Waals surface area contributed by atoms with Crippen LogP contribution in [0.1, 0.15) is 17.3 Å². The van der Waals surface area contributed by atoms with E-state index in [-0.39, 0.29) is 11.5 Å². The summed E-state index contributed by atoms with van der Waals surface area (Å²) in [7, 11) is 0. The van der Waals surface area contributed by atoms with Gasteiger partial charge in [0, 0.05) is 25.2 Å². The van der Waals surface area contributed by atoms with Crippen LogP contribution in [-0.4, -0.2) is 62.8 Å². The molecule has 8 heteroatoms. The molecule has 2 aromatic rings. The predicted molar refractivity (Wildman–Crippen MR) is 115 cm³/mol. The first-order chi connectivity index (χ1) is 14.7. The summed E-state index contributed by atoms with van der Waals surface area (Å²) < 4.78 is 24.5. The van der Waals surface area contributed by atoms with Crippen molar-refractivity contribution >= 4 is 17.6 Å². The summed E-state index contributed by atoms with van der Waals surface area (Å²) in [5.74, 6) is 0.0228. The highest BCUT2D eigenvalue weighted by Crippen LogP contribution is 2.23. The number of hydrogen-bond donors (Lipinski definition) is 2. The molecule has 0 spiro atoms. The summed E-state index contributed by atoms with van der Waals surface area (Å²) in [6.07, 6.45) is 0. The predicted octanol–water partition coefficient (Wildman–Crippen LogP) is 2.75. The minimum atomic E-state index is -0.469.